The van der Waals surface area contributed by atoms with Crippen LogP contribution in [-0.4, -0.2) is 22.3 Å². The molecular formula is C22H42O3. The smallest absolute Gasteiger partial charge is 0.303 e. The number of carboxylic acid groups (broad SMARTS) is 1. The van der Waals surface area contributed by atoms with E-state index in [1.807, 2.05) is 0 Å². The van der Waals surface area contributed by atoms with Gasteiger partial charge in [0.15, 0.2) is 0 Å². The van der Waals surface area contributed by atoms with Gasteiger partial charge in [0.05, 0.1) is 6.10 Å². The van der Waals surface area contributed by atoms with E-state index in [9.17, 15) is 9.90 Å². The fraction of sp³-hybridized carbons (Fsp3) is 0.864. The number of unbranched alkanes of at least 4 members (excludes halogenated alkanes) is 7. The van der Waals surface area contributed by atoms with Gasteiger partial charge in [0, 0.05) is 6.42 Å². The zero-order valence-electron chi connectivity index (χ0n) is 16.9. The molecule has 0 saturated carbocycles. The molecule has 0 bridgehead atoms. The van der Waals surface area contributed by atoms with Gasteiger partial charge in [-0.25, -0.2) is 0 Å². The van der Waals surface area contributed by atoms with E-state index in [1.165, 1.54) is 44.9 Å². The zero-order chi connectivity index (χ0) is 18.9. The monoisotopic (exact) mass is 354 g/mol. The average molecular weight is 355 g/mol. The summed E-state index contributed by atoms with van der Waals surface area (Å²) < 4.78 is 0. The summed E-state index contributed by atoms with van der Waals surface area (Å²) in [5, 5.41) is 18.7. The minimum Gasteiger partial charge on any atom is -0.481 e. The molecular weight excluding hydrogens is 312 g/mol. The van der Waals surface area contributed by atoms with Crippen LogP contribution in [0.25, 0.3) is 0 Å². The molecule has 0 aromatic heterocycles. The lowest BCUT2D eigenvalue weighted by molar-refractivity contribution is -0.137. The molecule has 0 aromatic rings. The second-order valence-corrected chi connectivity index (χ2v) is 7.71. The summed E-state index contributed by atoms with van der Waals surface area (Å²) in [7, 11) is 0. The fourth-order valence-electron chi connectivity index (χ4n) is 3.00. The van der Waals surface area contributed by atoms with Crippen LogP contribution in [0.1, 0.15) is 104 Å². The topological polar surface area (TPSA) is 57.5 Å². The molecule has 148 valence electrons. The quantitative estimate of drug-likeness (QED) is 0.236. The Bertz CT molecular complexity index is 338. The number of allylic oxidation sites excluding steroid dienone is 1. The maximum atomic E-state index is 10.4. The van der Waals surface area contributed by atoms with Gasteiger partial charge in [-0.15, -0.1) is 0 Å². The molecule has 0 aromatic carbocycles. The number of aliphatic hydroxyl groups is 1. The summed E-state index contributed by atoms with van der Waals surface area (Å²) in [5.74, 6) is 0.343. The Morgan fingerprint density at radius 1 is 0.920 bits per heavy atom. The van der Waals surface area contributed by atoms with Crippen molar-refractivity contribution in [2.45, 2.75) is 110 Å². The molecule has 0 aliphatic heterocycles. The van der Waals surface area contributed by atoms with Crippen molar-refractivity contribution in [1.82, 2.24) is 0 Å². The summed E-state index contributed by atoms with van der Waals surface area (Å²) in [6.45, 7) is 6.68. The first-order chi connectivity index (χ1) is 12.0. The van der Waals surface area contributed by atoms with Crippen molar-refractivity contribution in [2.75, 3.05) is 0 Å². The zero-order valence-corrected chi connectivity index (χ0v) is 16.9. The number of rotatable bonds is 17. The predicted octanol–water partition coefficient (Wildman–Crippen LogP) is 6.35. The summed E-state index contributed by atoms with van der Waals surface area (Å²) in [6.07, 6.45) is 18.0. The van der Waals surface area contributed by atoms with Crippen molar-refractivity contribution >= 4 is 5.97 Å². The lowest BCUT2D eigenvalue weighted by Crippen LogP contribution is -2.15. The second kappa shape index (κ2) is 16.6. The molecule has 0 spiro atoms. The lowest BCUT2D eigenvalue weighted by atomic mass is 9.97. The molecule has 25 heavy (non-hydrogen) atoms. The third kappa shape index (κ3) is 16.4. The maximum Gasteiger partial charge on any atom is 0.303 e. The molecule has 0 aliphatic rings. The largest absolute Gasteiger partial charge is 0.481 e. The summed E-state index contributed by atoms with van der Waals surface area (Å²) in [6, 6.07) is 0. The number of aliphatic carboxylic acids is 1. The molecule has 0 amide bonds. The highest BCUT2D eigenvalue weighted by Gasteiger charge is 2.10. The minimum atomic E-state index is -0.729. The summed E-state index contributed by atoms with van der Waals surface area (Å²) in [5.41, 5.74) is 0. The van der Waals surface area contributed by atoms with Crippen LogP contribution < -0.4 is 0 Å². The number of hydrogen-bond acceptors (Lipinski definition) is 2. The van der Waals surface area contributed by atoms with Crippen LogP contribution in [0.4, 0.5) is 0 Å². The van der Waals surface area contributed by atoms with Crippen molar-refractivity contribution in [3.05, 3.63) is 12.2 Å². The number of carboxylic acids is 1. The van der Waals surface area contributed by atoms with Crippen LogP contribution in [0.2, 0.25) is 0 Å². The fourth-order valence-corrected chi connectivity index (χ4v) is 3.00. The molecule has 0 rings (SSSR count). The molecule has 0 aliphatic carbocycles. The molecule has 0 fully saturated rings. The first-order valence-corrected chi connectivity index (χ1v) is 10.5. The number of aliphatic hydroxyl groups excluding tert-OH is 1. The van der Waals surface area contributed by atoms with Crippen molar-refractivity contribution in [3.8, 4) is 0 Å². The highest BCUT2D eigenvalue weighted by atomic mass is 16.4. The number of hydrogen-bond donors (Lipinski definition) is 2. The Hall–Kier alpha value is -0.830. The summed E-state index contributed by atoms with van der Waals surface area (Å²) in [4.78, 5) is 10.4. The minimum absolute atomic E-state index is 0.190. The van der Waals surface area contributed by atoms with Crippen molar-refractivity contribution in [2.24, 2.45) is 11.8 Å². The van der Waals surface area contributed by atoms with E-state index in [1.54, 1.807) is 0 Å². The van der Waals surface area contributed by atoms with Gasteiger partial charge < -0.3 is 10.2 Å². The van der Waals surface area contributed by atoms with Gasteiger partial charge in [0.25, 0.3) is 0 Å². The normalized spacial score (nSPS) is 15.4. The molecule has 3 atom stereocenters. The predicted molar refractivity (Wildman–Crippen MR) is 107 cm³/mol. The van der Waals surface area contributed by atoms with Crippen molar-refractivity contribution in [1.29, 1.82) is 0 Å². The second-order valence-electron chi connectivity index (χ2n) is 7.71. The van der Waals surface area contributed by atoms with Gasteiger partial charge in [-0.05, 0) is 37.5 Å². The highest BCUT2D eigenvalue weighted by Crippen LogP contribution is 2.16. The molecule has 0 radical (unpaired) electrons. The third-order valence-corrected chi connectivity index (χ3v) is 5.20. The Morgan fingerprint density at radius 3 is 2.20 bits per heavy atom. The van der Waals surface area contributed by atoms with Crippen LogP contribution in [0, 0.1) is 11.8 Å². The van der Waals surface area contributed by atoms with Crippen LogP contribution >= 0.6 is 0 Å². The van der Waals surface area contributed by atoms with Gasteiger partial charge in [0.1, 0.15) is 0 Å². The van der Waals surface area contributed by atoms with Crippen LogP contribution in [-0.2, 0) is 4.79 Å². The molecule has 0 heterocycles. The Labute approximate surface area is 155 Å². The van der Waals surface area contributed by atoms with Gasteiger partial charge in [-0.1, -0.05) is 84.3 Å². The van der Waals surface area contributed by atoms with Gasteiger partial charge in [0.2, 0.25) is 0 Å². The molecule has 0 saturated heterocycles. The van der Waals surface area contributed by atoms with E-state index in [2.05, 4.69) is 32.9 Å². The first kappa shape index (κ1) is 24.2. The Kier molecular flexibility index (Phi) is 16.1. The van der Waals surface area contributed by atoms with Crippen LogP contribution in [0.5, 0.6) is 0 Å². The van der Waals surface area contributed by atoms with E-state index in [0.717, 1.165) is 31.6 Å². The third-order valence-electron chi connectivity index (χ3n) is 5.20. The standard InChI is InChI=1S/C22H42O3/c1-4-19(2)15-11-8-6-5-7-9-12-16-20(3)21(23)17-13-10-14-18-22(24)25/h12,16,19-21,23H,4-11,13-15,17-18H2,1-3H3,(H,24,25)/t19-,20-,21+/m0/s1. The number of carbonyl (C=O) groups is 1. The van der Waals surface area contributed by atoms with Gasteiger partial charge in [-0.3, -0.25) is 4.79 Å². The first-order valence-electron chi connectivity index (χ1n) is 10.5. The maximum absolute atomic E-state index is 10.4. The van der Waals surface area contributed by atoms with E-state index < -0.39 is 5.97 Å². The highest BCUT2D eigenvalue weighted by molar-refractivity contribution is 5.66. The SMILES string of the molecule is CC[C@H](C)CCCCCCCC=C[C@H](C)[C@H](O)CCCCCC(=O)O. The Balaban J connectivity index is 3.52. The Morgan fingerprint density at radius 2 is 1.52 bits per heavy atom. The van der Waals surface area contributed by atoms with E-state index in [4.69, 9.17) is 5.11 Å². The summed E-state index contributed by atoms with van der Waals surface area (Å²) >= 11 is 0. The molecule has 3 heteroatoms. The average Bonchev–Trinajstić information content (AvgIpc) is 2.58. The molecule has 2 N–H and O–H groups in total. The molecule has 3 nitrogen and oxygen atoms in total. The van der Waals surface area contributed by atoms with Crippen LogP contribution in [0.15, 0.2) is 12.2 Å². The molecule has 0 unspecified atom stereocenters. The van der Waals surface area contributed by atoms with Crippen molar-refractivity contribution in [3.63, 3.8) is 0 Å². The van der Waals surface area contributed by atoms with Gasteiger partial charge >= 0.3 is 5.97 Å². The van der Waals surface area contributed by atoms with Gasteiger partial charge in [-0.2, -0.15) is 0 Å². The van der Waals surface area contributed by atoms with E-state index in [0.29, 0.717) is 6.42 Å². The van der Waals surface area contributed by atoms with Crippen LogP contribution in [0.3, 0.4) is 0 Å². The van der Waals surface area contributed by atoms with E-state index in [-0.39, 0.29) is 18.4 Å². The lowest BCUT2D eigenvalue weighted by Gasteiger charge is -2.15. The van der Waals surface area contributed by atoms with E-state index >= 15 is 0 Å². The van der Waals surface area contributed by atoms with Crippen molar-refractivity contribution < 1.29 is 15.0 Å².